The molecule has 0 bridgehead atoms. The maximum atomic E-state index is 14.8. The van der Waals surface area contributed by atoms with Crippen molar-refractivity contribution in [3.8, 4) is 5.88 Å². The molecule has 0 unspecified atom stereocenters. The molecule has 1 aliphatic rings. The van der Waals surface area contributed by atoms with E-state index in [9.17, 15) is 28.2 Å². The van der Waals surface area contributed by atoms with Crippen LogP contribution in [0.5, 0.6) is 5.88 Å². The lowest BCUT2D eigenvalue weighted by molar-refractivity contribution is -0.143. The highest BCUT2D eigenvalue weighted by Crippen LogP contribution is 2.38. The second-order valence-electron chi connectivity index (χ2n) is 9.22. The number of hydrogen-bond acceptors (Lipinski definition) is 7. The Morgan fingerprint density at radius 2 is 1.86 bits per heavy atom. The molecule has 2 atom stereocenters. The molecule has 11 heteroatoms. The molecule has 1 amide bonds. The number of fused-ring (bicyclic) bond motifs is 1. The summed E-state index contributed by atoms with van der Waals surface area (Å²) in [6.07, 6.45) is -2.16. The minimum atomic E-state index is -2.94. The van der Waals surface area contributed by atoms with Gasteiger partial charge in [0.1, 0.15) is 23.0 Å². The predicted octanol–water partition coefficient (Wildman–Crippen LogP) is 4.08. The van der Waals surface area contributed by atoms with E-state index >= 15 is 0 Å². The summed E-state index contributed by atoms with van der Waals surface area (Å²) in [5, 5.41) is 24.7. The molecule has 3 aromatic rings. The van der Waals surface area contributed by atoms with Gasteiger partial charge in [-0.3, -0.25) is 9.78 Å². The third-order valence-corrected chi connectivity index (χ3v) is 6.76. The normalized spacial score (nSPS) is 17.1. The van der Waals surface area contributed by atoms with E-state index in [0.29, 0.717) is 22.3 Å². The summed E-state index contributed by atoms with van der Waals surface area (Å²) in [5.74, 6) is -1.20. The Labute approximate surface area is 212 Å². The van der Waals surface area contributed by atoms with E-state index in [4.69, 9.17) is 4.74 Å². The van der Waals surface area contributed by atoms with Crippen molar-refractivity contribution in [1.82, 2.24) is 14.9 Å². The number of nitrogens with one attached hydrogen (secondary N) is 1. The van der Waals surface area contributed by atoms with Crippen LogP contribution in [0.4, 0.5) is 18.9 Å². The number of pyridine rings is 2. The number of likely N-dealkylation sites (tertiary alicyclic amines) is 1. The summed E-state index contributed by atoms with van der Waals surface area (Å²) in [6.45, 7) is 3.52. The van der Waals surface area contributed by atoms with E-state index in [1.807, 2.05) is 0 Å². The summed E-state index contributed by atoms with van der Waals surface area (Å²) in [6, 6.07) is 6.54. The van der Waals surface area contributed by atoms with Crippen LogP contribution in [0.2, 0.25) is 0 Å². The lowest BCUT2D eigenvalue weighted by Gasteiger charge is -2.38. The Morgan fingerprint density at radius 3 is 2.49 bits per heavy atom. The molecular weight excluding hydrogens is 489 g/mol. The van der Waals surface area contributed by atoms with E-state index in [2.05, 4.69) is 15.3 Å². The number of piperidine rings is 1. The number of carbonyl (C=O) groups excluding carboxylic acids is 1. The Balaban J connectivity index is 1.69. The van der Waals surface area contributed by atoms with Crippen molar-refractivity contribution in [2.45, 2.75) is 50.9 Å². The predicted molar refractivity (Wildman–Crippen MR) is 131 cm³/mol. The van der Waals surface area contributed by atoms with Crippen molar-refractivity contribution in [3.63, 3.8) is 0 Å². The number of aliphatic hydroxyl groups excluding tert-OH is 1. The Morgan fingerprint density at radius 1 is 1.19 bits per heavy atom. The van der Waals surface area contributed by atoms with Gasteiger partial charge in [0.2, 0.25) is 5.88 Å². The summed E-state index contributed by atoms with van der Waals surface area (Å²) >= 11 is 0. The Kier molecular flexibility index (Phi) is 7.56. The molecule has 0 spiro atoms. The van der Waals surface area contributed by atoms with E-state index in [0.717, 1.165) is 6.07 Å². The lowest BCUT2D eigenvalue weighted by Crippen LogP contribution is -2.48. The molecule has 1 aromatic carbocycles. The van der Waals surface area contributed by atoms with Crippen LogP contribution in [0.1, 0.15) is 56.0 Å². The minimum absolute atomic E-state index is 0.0813. The van der Waals surface area contributed by atoms with Gasteiger partial charge < -0.3 is 25.2 Å². The first-order valence-electron chi connectivity index (χ1n) is 11.9. The van der Waals surface area contributed by atoms with Crippen LogP contribution in [0.15, 0.2) is 36.5 Å². The lowest BCUT2D eigenvalue weighted by atomic mass is 9.87. The Hall–Kier alpha value is -3.44. The zero-order valence-electron chi connectivity index (χ0n) is 20.7. The SMILES string of the molecule is COc1nc(C2(O)CCN(C(=O)[C@H](C)O)CC2)cc2c(N[C@H](C)c3cccc(C(F)F)c3F)ccnc12. The molecule has 3 heterocycles. The van der Waals surface area contributed by atoms with Gasteiger partial charge in [-0.1, -0.05) is 18.2 Å². The van der Waals surface area contributed by atoms with Crippen molar-refractivity contribution >= 4 is 22.5 Å². The quantitative estimate of drug-likeness (QED) is 0.433. The number of aromatic nitrogens is 2. The van der Waals surface area contributed by atoms with Gasteiger partial charge >= 0.3 is 0 Å². The molecule has 1 aliphatic heterocycles. The van der Waals surface area contributed by atoms with Crippen LogP contribution in [0, 0.1) is 5.82 Å². The number of halogens is 3. The zero-order valence-corrected chi connectivity index (χ0v) is 20.7. The molecule has 0 radical (unpaired) electrons. The van der Waals surface area contributed by atoms with Crippen LogP contribution >= 0.6 is 0 Å². The van der Waals surface area contributed by atoms with Gasteiger partial charge in [-0.25, -0.2) is 18.2 Å². The number of carbonyl (C=O) groups is 1. The second kappa shape index (κ2) is 10.5. The molecular formula is C26H29F3N4O4. The molecule has 0 saturated carbocycles. The molecule has 3 N–H and O–H groups in total. The van der Waals surface area contributed by atoms with Gasteiger partial charge in [-0.05, 0) is 38.8 Å². The number of amides is 1. The molecule has 37 heavy (non-hydrogen) atoms. The number of aliphatic hydroxyl groups is 2. The van der Waals surface area contributed by atoms with Gasteiger partial charge in [0.15, 0.2) is 0 Å². The molecule has 0 aliphatic carbocycles. The third kappa shape index (κ3) is 5.19. The number of anilines is 1. The minimum Gasteiger partial charge on any atom is -0.479 e. The van der Waals surface area contributed by atoms with Crippen molar-refractivity contribution in [2.24, 2.45) is 0 Å². The first-order chi connectivity index (χ1) is 17.6. The van der Waals surface area contributed by atoms with E-state index < -0.39 is 41.5 Å². The van der Waals surface area contributed by atoms with Crippen molar-refractivity contribution in [1.29, 1.82) is 0 Å². The molecule has 8 nitrogen and oxygen atoms in total. The van der Waals surface area contributed by atoms with Gasteiger partial charge in [-0.15, -0.1) is 0 Å². The standard InChI is InChI=1S/C26H29F3N4O4/c1-14(16-5-4-6-17(21(16)27)23(28)29)31-19-7-10-30-22-18(19)13-20(32-24(22)37-3)26(36)8-11-33(12-9-26)25(35)15(2)34/h4-7,10,13-15,23,34,36H,8-9,11-12H2,1-3H3,(H,30,31)/t14-,15+/m1/s1. The van der Waals surface area contributed by atoms with Crippen LogP contribution < -0.4 is 10.1 Å². The smallest absolute Gasteiger partial charge is 0.266 e. The van der Waals surface area contributed by atoms with Gasteiger partial charge in [0, 0.05) is 35.9 Å². The van der Waals surface area contributed by atoms with Crippen LogP contribution in [-0.2, 0) is 10.4 Å². The highest BCUT2D eigenvalue weighted by Gasteiger charge is 2.38. The highest BCUT2D eigenvalue weighted by molar-refractivity contribution is 5.94. The average Bonchev–Trinajstić information content (AvgIpc) is 2.88. The summed E-state index contributed by atoms with van der Waals surface area (Å²) < 4.78 is 46.6. The number of alkyl halides is 2. The highest BCUT2D eigenvalue weighted by atomic mass is 19.3. The monoisotopic (exact) mass is 518 g/mol. The number of methoxy groups -OCH3 is 1. The van der Waals surface area contributed by atoms with E-state index in [-0.39, 0.29) is 37.4 Å². The fraction of sp³-hybridized carbons (Fsp3) is 0.423. The van der Waals surface area contributed by atoms with Gasteiger partial charge in [0.25, 0.3) is 12.3 Å². The molecule has 198 valence electrons. The fourth-order valence-electron chi connectivity index (χ4n) is 4.63. The van der Waals surface area contributed by atoms with E-state index in [1.54, 1.807) is 19.1 Å². The van der Waals surface area contributed by atoms with Crippen LogP contribution in [0.25, 0.3) is 10.9 Å². The zero-order chi connectivity index (χ0) is 26.9. The molecule has 1 fully saturated rings. The Bertz CT molecular complexity index is 1300. The van der Waals surface area contributed by atoms with Crippen molar-refractivity contribution < 1.29 is 32.9 Å². The average molecular weight is 519 g/mol. The van der Waals surface area contributed by atoms with Crippen molar-refractivity contribution in [2.75, 3.05) is 25.5 Å². The van der Waals surface area contributed by atoms with E-state index in [1.165, 1.54) is 37.3 Å². The first kappa shape index (κ1) is 26.6. The summed E-state index contributed by atoms with van der Waals surface area (Å²) in [7, 11) is 1.43. The summed E-state index contributed by atoms with van der Waals surface area (Å²) in [4.78, 5) is 22.5. The molecule has 4 rings (SSSR count). The first-order valence-corrected chi connectivity index (χ1v) is 11.9. The number of benzene rings is 1. The van der Waals surface area contributed by atoms with Gasteiger partial charge in [0.05, 0.1) is 24.4 Å². The maximum absolute atomic E-state index is 14.8. The third-order valence-electron chi connectivity index (χ3n) is 6.76. The number of rotatable bonds is 7. The van der Waals surface area contributed by atoms with Gasteiger partial charge in [-0.2, -0.15) is 0 Å². The van der Waals surface area contributed by atoms with Crippen LogP contribution in [-0.4, -0.2) is 57.3 Å². The maximum Gasteiger partial charge on any atom is 0.266 e. The fourth-order valence-corrected chi connectivity index (χ4v) is 4.63. The topological polar surface area (TPSA) is 108 Å². The summed E-state index contributed by atoms with van der Waals surface area (Å²) in [5.41, 5.74) is -0.718. The molecule has 2 aromatic heterocycles. The largest absolute Gasteiger partial charge is 0.479 e. The second-order valence-corrected chi connectivity index (χ2v) is 9.22. The molecule has 1 saturated heterocycles. The number of hydrogen-bond donors (Lipinski definition) is 3. The number of nitrogens with zero attached hydrogens (tertiary/aromatic N) is 3. The van der Waals surface area contributed by atoms with Crippen molar-refractivity contribution in [3.05, 3.63) is 59.2 Å². The van der Waals surface area contributed by atoms with Crippen LogP contribution in [0.3, 0.4) is 0 Å². The number of ether oxygens (including phenoxy) is 1.